The monoisotopic (exact) mass is 785 g/mol. The van der Waals surface area contributed by atoms with Crippen molar-refractivity contribution in [2.75, 3.05) is 19.6 Å². The molecule has 5 aromatic rings. The first-order valence-corrected chi connectivity index (χ1v) is 19.9. The summed E-state index contributed by atoms with van der Waals surface area (Å²) in [7, 11) is -3.27. The number of amides is 1. The molecule has 5 N–H and O–H groups in total. The molecule has 0 saturated heterocycles. The van der Waals surface area contributed by atoms with E-state index in [9.17, 15) is 29.7 Å². The Bertz CT molecular complexity index is 2200. The first-order chi connectivity index (χ1) is 27.5. The second-order valence-corrected chi connectivity index (χ2v) is 16.2. The zero-order chi connectivity index (χ0) is 42.1. The fourth-order valence-corrected chi connectivity index (χ4v) is 7.80. The molecule has 12 heteroatoms. The Hall–Kier alpha value is -4.81. The van der Waals surface area contributed by atoms with Crippen LogP contribution in [0.1, 0.15) is 73.9 Å². The highest BCUT2D eigenvalue weighted by Crippen LogP contribution is 2.35. The third-order valence-corrected chi connectivity index (χ3v) is 10.4. The van der Waals surface area contributed by atoms with Gasteiger partial charge in [-0.25, -0.2) is 0 Å². The molecule has 304 valence electrons. The van der Waals surface area contributed by atoms with Crippen molar-refractivity contribution in [2.45, 2.75) is 86.2 Å². The maximum Gasteiger partial charge on any atom is 0.489 e. The van der Waals surface area contributed by atoms with Crippen molar-refractivity contribution in [1.82, 2.24) is 15.1 Å². The van der Waals surface area contributed by atoms with Gasteiger partial charge in [0.15, 0.2) is 0 Å². The van der Waals surface area contributed by atoms with Gasteiger partial charge in [-0.15, -0.1) is 0 Å². The maximum atomic E-state index is 13.0. The summed E-state index contributed by atoms with van der Waals surface area (Å²) in [6.45, 7) is 18.0. The smallest absolute Gasteiger partial charge is 0.460 e. The Kier molecular flexibility index (Phi) is 15.1. The SMILES string of the molecule is C=C(C)C(=O)NCCCN(Cc1cccc(C)c1B(O)O)Cc1c2ccccc2c(CN(CCC(=O)OC(C)(C)C)Cc2cccc(C)c2B(O)O)c2ccccc12. The Morgan fingerprint density at radius 1 is 0.672 bits per heavy atom. The molecule has 0 aliphatic rings. The summed E-state index contributed by atoms with van der Waals surface area (Å²) in [4.78, 5) is 29.8. The molecule has 0 aromatic heterocycles. The van der Waals surface area contributed by atoms with Gasteiger partial charge in [0.2, 0.25) is 5.91 Å². The molecule has 0 heterocycles. The minimum atomic E-state index is -1.65. The normalized spacial score (nSPS) is 11.7. The van der Waals surface area contributed by atoms with E-state index in [-0.39, 0.29) is 18.3 Å². The molecule has 0 saturated carbocycles. The molecule has 5 rings (SSSR count). The number of nitrogens with one attached hydrogen (secondary N) is 1. The van der Waals surface area contributed by atoms with Crippen LogP contribution in [0.2, 0.25) is 0 Å². The van der Waals surface area contributed by atoms with E-state index in [1.165, 1.54) is 0 Å². The molecule has 58 heavy (non-hydrogen) atoms. The lowest BCUT2D eigenvalue weighted by atomic mass is 9.74. The molecule has 0 atom stereocenters. The van der Waals surface area contributed by atoms with E-state index >= 15 is 0 Å². The maximum absolute atomic E-state index is 13.0. The van der Waals surface area contributed by atoms with Gasteiger partial charge in [0.25, 0.3) is 0 Å². The summed E-state index contributed by atoms with van der Waals surface area (Å²) in [5.41, 5.74) is 6.12. The predicted octanol–water partition coefficient (Wildman–Crippen LogP) is 4.79. The summed E-state index contributed by atoms with van der Waals surface area (Å²) < 4.78 is 5.69. The topological polar surface area (TPSA) is 143 Å². The van der Waals surface area contributed by atoms with Crippen molar-refractivity contribution in [2.24, 2.45) is 0 Å². The molecule has 0 spiro atoms. The third-order valence-electron chi connectivity index (χ3n) is 10.4. The summed E-state index contributed by atoms with van der Waals surface area (Å²) >= 11 is 0. The van der Waals surface area contributed by atoms with Crippen molar-refractivity contribution < 1.29 is 34.4 Å². The van der Waals surface area contributed by atoms with E-state index in [4.69, 9.17) is 4.74 Å². The van der Waals surface area contributed by atoms with Gasteiger partial charge in [-0.1, -0.05) is 103 Å². The van der Waals surface area contributed by atoms with Crippen molar-refractivity contribution >= 4 is 58.6 Å². The first-order valence-electron chi connectivity index (χ1n) is 19.9. The highest BCUT2D eigenvalue weighted by Gasteiger charge is 2.25. The van der Waals surface area contributed by atoms with Crippen molar-refractivity contribution in [3.05, 3.63) is 130 Å². The molecule has 0 fully saturated rings. The number of hydrogen-bond acceptors (Lipinski definition) is 9. The van der Waals surface area contributed by atoms with Crippen LogP contribution < -0.4 is 16.2 Å². The minimum Gasteiger partial charge on any atom is -0.460 e. The molecule has 0 unspecified atom stereocenters. The van der Waals surface area contributed by atoms with Crippen LogP contribution in [0.5, 0.6) is 0 Å². The lowest BCUT2D eigenvalue weighted by Crippen LogP contribution is -2.38. The zero-order valence-corrected chi connectivity index (χ0v) is 34.7. The Morgan fingerprint density at radius 3 is 1.50 bits per heavy atom. The number of carbonyl (C=O) groups excluding carboxylic acids is 2. The standard InChI is InChI=1S/C46H57B2N3O7/c1-31(2)45(53)49-24-14-25-50(27-34-17-12-15-32(3)43(34)47(54)55)29-40-36-19-8-10-21-38(36)41(39-22-11-9-20-37(39)40)30-51(26-23-42(52)58-46(5,6)7)28-35-18-13-16-33(4)44(35)48(56)57/h8-13,15-22,54-57H,1,14,23-30H2,2-7H3,(H,49,53). The Morgan fingerprint density at radius 2 is 1.10 bits per heavy atom. The fourth-order valence-electron chi connectivity index (χ4n) is 7.80. The number of nitrogens with zero attached hydrogens (tertiary/aromatic N) is 2. The van der Waals surface area contributed by atoms with Gasteiger partial charge in [0.05, 0.1) is 6.42 Å². The number of fused-ring (bicyclic) bond motifs is 2. The average molecular weight is 786 g/mol. The number of ether oxygens (including phenoxy) is 1. The summed E-state index contributed by atoms with van der Waals surface area (Å²) in [6, 6.07) is 28.0. The molecule has 0 aliphatic carbocycles. The van der Waals surface area contributed by atoms with E-state index in [0.29, 0.717) is 68.7 Å². The van der Waals surface area contributed by atoms with E-state index in [1.54, 1.807) is 6.92 Å². The van der Waals surface area contributed by atoms with Crippen LogP contribution in [0, 0.1) is 13.8 Å². The second-order valence-electron chi connectivity index (χ2n) is 16.2. The lowest BCUT2D eigenvalue weighted by Gasteiger charge is -2.29. The van der Waals surface area contributed by atoms with E-state index < -0.39 is 19.8 Å². The van der Waals surface area contributed by atoms with Crippen LogP contribution in [0.3, 0.4) is 0 Å². The van der Waals surface area contributed by atoms with Gasteiger partial charge >= 0.3 is 20.2 Å². The first kappa shape index (κ1) is 44.3. The van der Waals surface area contributed by atoms with Crippen LogP contribution in [-0.4, -0.2) is 81.2 Å². The van der Waals surface area contributed by atoms with Gasteiger partial charge in [0, 0.05) is 51.4 Å². The number of esters is 1. The molecule has 0 radical (unpaired) electrons. The largest absolute Gasteiger partial charge is 0.489 e. The van der Waals surface area contributed by atoms with Crippen LogP contribution in [0.15, 0.2) is 97.1 Å². The van der Waals surface area contributed by atoms with Crippen LogP contribution in [-0.2, 0) is 40.5 Å². The van der Waals surface area contributed by atoms with Crippen molar-refractivity contribution in [1.29, 1.82) is 0 Å². The zero-order valence-electron chi connectivity index (χ0n) is 34.7. The molecule has 0 bridgehead atoms. The minimum absolute atomic E-state index is 0.152. The number of aryl methyl sites for hydroxylation is 2. The summed E-state index contributed by atoms with van der Waals surface area (Å²) in [5.74, 6) is -0.492. The Labute approximate surface area is 343 Å². The van der Waals surface area contributed by atoms with Gasteiger partial charge in [0.1, 0.15) is 5.60 Å². The van der Waals surface area contributed by atoms with Crippen LogP contribution in [0.25, 0.3) is 21.5 Å². The van der Waals surface area contributed by atoms with Crippen molar-refractivity contribution in [3.63, 3.8) is 0 Å². The van der Waals surface area contributed by atoms with Gasteiger partial charge < -0.3 is 30.1 Å². The molecule has 10 nitrogen and oxygen atoms in total. The lowest BCUT2D eigenvalue weighted by molar-refractivity contribution is -0.155. The van der Waals surface area contributed by atoms with E-state index in [2.05, 4.69) is 46.0 Å². The molecular weight excluding hydrogens is 728 g/mol. The van der Waals surface area contributed by atoms with Gasteiger partial charge in [-0.2, -0.15) is 0 Å². The van der Waals surface area contributed by atoms with Crippen molar-refractivity contribution in [3.8, 4) is 0 Å². The number of benzene rings is 5. The molecule has 5 aromatic carbocycles. The summed E-state index contributed by atoms with van der Waals surface area (Å²) in [6.07, 6.45) is 0.811. The van der Waals surface area contributed by atoms with Crippen LogP contribution >= 0.6 is 0 Å². The number of rotatable bonds is 18. The number of hydrogen-bond donors (Lipinski definition) is 5. The number of carbonyl (C=O) groups is 2. The Balaban J connectivity index is 1.58. The van der Waals surface area contributed by atoms with Gasteiger partial charge in [-0.3, -0.25) is 19.4 Å². The predicted molar refractivity (Wildman–Crippen MR) is 235 cm³/mol. The van der Waals surface area contributed by atoms with E-state index in [1.807, 2.05) is 95.3 Å². The average Bonchev–Trinajstić information content (AvgIpc) is 3.15. The van der Waals surface area contributed by atoms with Gasteiger partial charge in [-0.05, 0) is 103 Å². The molecule has 1 amide bonds. The second kappa shape index (κ2) is 19.8. The third kappa shape index (κ3) is 11.4. The molecular formula is C46H57B2N3O7. The quantitative estimate of drug-likeness (QED) is 0.0279. The highest BCUT2D eigenvalue weighted by atomic mass is 16.6. The van der Waals surface area contributed by atoms with E-state index in [0.717, 1.165) is 54.9 Å². The van der Waals surface area contributed by atoms with Crippen LogP contribution in [0.4, 0.5) is 0 Å². The fraction of sp³-hybridized carbons (Fsp3) is 0.348. The summed E-state index contributed by atoms with van der Waals surface area (Å²) in [5, 5.41) is 48.8. The highest BCUT2D eigenvalue weighted by molar-refractivity contribution is 6.60. The molecule has 0 aliphatic heterocycles.